The van der Waals surface area contributed by atoms with Crippen LogP contribution in [0.25, 0.3) is 0 Å². The van der Waals surface area contributed by atoms with Crippen LogP contribution in [0.5, 0.6) is 11.5 Å². The smallest absolute Gasteiger partial charge is 0.249 e. The number of aryl methyl sites for hydroxylation is 1. The van der Waals surface area contributed by atoms with Crippen LogP contribution in [-0.4, -0.2) is 31.2 Å². The van der Waals surface area contributed by atoms with E-state index in [1.807, 2.05) is 45.0 Å². The summed E-state index contributed by atoms with van der Waals surface area (Å²) in [6, 6.07) is 12.9. The summed E-state index contributed by atoms with van der Waals surface area (Å²) in [5.41, 5.74) is 4.83. The number of carbonyl (C=O) groups excluding carboxylic acids is 2. The number of para-hydroxylation sites is 1. The number of hydrogen-bond acceptors (Lipinski definition) is 5. The Balaban J connectivity index is 1.90. The van der Waals surface area contributed by atoms with Crippen molar-refractivity contribution in [1.82, 2.24) is 5.43 Å². The van der Waals surface area contributed by atoms with E-state index in [0.717, 1.165) is 17.5 Å². The van der Waals surface area contributed by atoms with Gasteiger partial charge in [-0.15, -0.1) is 0 Å². The van der Waals surface area contributed by atoms with Crippen molar-refractivity contribution in [3.63, 3.8) is 0 Å². The van der Waals surface area contributed by atoms with Gasteiger partial charge in [0.05, 0.1) is 19.4 Å². The Bertz CT molecular complexity index is 865. The molecule has 0 aliphatic heterocycles. The van der Waals surface area contributed by atoms with E-state index in [2.05, 4.69) is 15.8 Å². The second-order valence-electron chi connectivity index (χ2n) is 6.10. The van der Waals surface area contributed by atoms with Crippen molar-refractivity contribution in [1.29, 1.82) is 0 Å². The van der Waals surface area contributed by atoms with Crippen LogP contribution < -0.4 is 20.2 Å². The van der Waals surface area contributed by atoms with E-state index in [-0.39, 0.29) is 6.42 Å². The van der Waals surface area contributed by atoms with Crippen molar-refractivity contribution in [2.45, 2.75) is 33.6 Å². The molecule has 0 unspecified atom stereocenters. The lowest BCUT2D eigenvalue weighted by atomic mass is 10.1. The Kier molecular flexibility index (Phi) is 8.69. The molecule has 0 bridgehead atoms. The summed E-state index contributed by atoms with van der Waals surface area (Å²) in [6.07, 6.45) is 1.96. The van der Waals surface area contributed by atoms with Gasteiger partial charge in [0.15, 0.2) is 11.5 Å². The minimum absolute atomic E-state index is 0.317. The lowest BCUT2D eigenvalue weighted by Gasteiger charge is -2.11. The van der Waals surface area contributed by atoms with Crippen molar-refractivity contribution >= 4 is 23.7 Å². The molecule has 0 spiro atoms. The average Bonchev–Trinajstić information content (AvgIpc) is 2.70. The third-order valence-electron chi connectivity index (χ3n) is 3.96. The Morgan fingerprint density at radius 3 is 2.41 bits per heavy atom. The summed E-state index contributed by atoms with van der Waals surface area (Å²) in [4.78, 5) is 24.1. The van der Waals surface area contributed by atoms with Crippen LogP contribution >= 0.6 is 0 Å². The average molecular weight is 397 g/mol. The molecule has 2 amide bonds. The maximum Gasteiger partial charge on any atom is 0.249 e. The Labute approximate surface area is 171 Å². The summed E-state index contributed by atoms with van der Waals surface area (Å²) >= 11 is 0. The molecule has 0 atom stereocenters. The van der Waals surface area contributed by atoms with E-state index in [1.165, 1.54) is 6.21 Å². The maximum absolute atomic E-state index is 12.1. The topological polar surface area (TPSA) is 89.0 Å². The molecule has 0 aromatic heterocycles. The Hall–Kier alpha value is -3.35. The number of nitrogens with one attached hydrogen (secondary N) is 2. The number of anilines is 1. The molecule has 0 radical (unpaired) electrons. The molecule has 0 heterocycles. The minimum Gasteiger partial charge on any atom is -0.490 e. The molecule has 2 N–H and O–H groups in total. The largest absolute Gasteiger partial charge is 0.490 e. The molecular weight excluding hydrogens is 370 g/mol. The van der Waals surface area contributed by atoms with Crippen LogP contribution in [0.15, 0.2) is 47.6 Å². The van der Waals surface area contributed by atoms with Crippen molar-refractivity contribution < 1.29 is 19.1 Å². The van der Waals surface area contributed by atoms with Crippen molar-refractivity contribution in [3.05, 3.63) is 53.6 Å². The quantitative estimate of drug-likeness (QED) is 0.365. The van der Waals surface area contributed by atoms with Crippen LogP contribution in [0.2, 0.25) is 0 Å². The molecule has 2 rings (SSSR count). The van der Waals surface area contributed by atoms with Crippen LogP contribution in [0.1, 0.15) is 38.3 Å². The zero-order valence-electron chi connectivity index (χ0n) is 17.0. The summed E-state index contributed by atoms with van der Waals surface area (Å²) in [5, 5.41) is 6.67. The molecule has 7 nitrogen and oxygen atoms in total. The number of amides is 2. The second-order valence-corrected chi connectivity index (χ2v) is 6.10. The molecule has 2 aromatic carbocycles. The zero-order chi connectivity index (χ0) is 21.1. The van der Waals surface area contributed by atoms with Crippen LogP contribution in [0.4, 0.5) is 5.69 Å². The maximum atomic E-state index is 12.1. The van der Waals surface area contributed by atoms with Gasteiger partial charge in [0, 0.05) is 5.69 Å². The number of nitrogens with zero attached hydrogens (tertiary/aromatic N) is 1. The van der Waals surface area contributed by atoms with E-state index in [9.17, 15) is 9.59 Å². The van der Waals surface area contributed by atoms with E-state index in [0.29, 0.717) is 30.4 Å². The molecule has 29 heavy (non-hydrogen) atoms. The van der Waals surface area contributed by atoms with Crippen molar-refractivity contribution in [3.8, 4) is 11.5 Å². The van der Waals surface area contributed by atoms with Gasteiger partial charge in [0.1, 0.15) is 6.42 Å². The number of hydrazone groups is 1. The number of carbonyl (C=O) groups is 2. The SMILES string of the molecule is CCOc1ccc(C=NNC(=O)CC(=O)Nc2ccccc2CC)cc1OCC. The third-order valence-corrected chi connectivity index (χ3v) is 3.96. The van der Waals surface area contributed by atoms with Crippen LogP contribution in [0.3, 0.4) is 0 Å². The van der Waals surface area contributed by atoms with Gasteiger partial charge in [-0.05, 0) is 55.7 Å². The van der Waals surface area contributed by atoms with Gasteiger partial charge in [0.25, 0.3) is 0 Å². The highest BCUT2D eigenvalue weighted by atomic mass is 16.5. The highest BCUT2D eigenvalue weighted by molar-refractivity contribution is 6.04. The van der Waals surface area contributed by atoms with Gasteiger partial charge < -0.3 is 14.8 Å². The molecule has 2 aromatic rings. The predicted octanol–water partition coefficient (Wildman–Crippen LogP) is 3.53. The number of benzene rings is 2. The monoisotopic (exact) mass is 397 g/mol. The zero-order valence-corrected chi connectivity index (χ0v) is 17.0. The molecule has 0 aliphatic rings. The van der Waals surface area contributed by atoms with E-state index in [4.69, 9.17) is 9.47 Å². The third kappa shape index (κ3) is 6.95. The fraction of sp³-hybridized carbons (Fsp3) is 0.318. The summed E-state index contributed by atoms with van der Waals surface area (Å²) in [6.45, 7) is 6.84. The first-order valence-corrected chi connectivity index (χ1v) is 9.66. The lowest BCUT2D eigenvalue weighted by molar-refractivity contribution is -0.126. The highest BCUT2D eigenvalue weighted by Gasteiger charge is 2.11. The van der Waals surface area contributed by atoms with E-state index in [1.54, 1.807) is 18.2 Å². The minimum atomic E-state index is -0.497. The molecule has 0 fully saturated rings. The number of rotatable bonds is 10. The first kappa shape index (κ1) is 21.9. The van der Waals surface area contributed by atoms with Gasteiger partial charge in [-0.1, -0.05) is 25.1 Å². The highest BCUT2D eigenvalue weighted by Crippen LogP contribution is 2.27. The molecular formula is C22H27N3O4. The summed E-state index contributed by atoms with van der Waals surface area (Å²) in [7, 11) is 0. The molecule has 0 saturated heterocycles. The molecule has 0 saturated carbocycles. The normalized spacial score (nSPS) is 10.6. The van der Waals surface area contributed by atoms with Gasteiger partial charge in [-0.3, -0.25) is 9.59 Å². The number of ether oxygens (including phenoxy) is 2. The second kappa shape index (κ2) is 11.5. The summed E-state index contributed by atoms with van der Waals surface area (Å²) < 4.78 is 11.1. The fourth-order valence-electron chi connectivity index (χ4n) is 2.66. The Morgan fingerprint density at radius 1 is 0.966 bits per heavy atom. The molecule has 7 heteroatoms. The van der Waals surface area contributed by atoms with E-state index < -0.39 is 11.8 Å². The van der Waals surface area contributed by atoms with Gasteiger partial charge >= 0.3 is 0 Å². The van der Waals surface area contributed by atoms with Gasteiger partial charge in [-0.25, -0.2) is 5.43 Å². The van der Waals surface area contributed by atoms with E-state index >= 15 is 0 Å². The lowest BCUT2D eigenvalue weighted by Crippen LogP contribution is -2.25. The van der Waals surface area contributed by atoms with Gasteiger partial charge in [-0.2, -0.15) is 5.10 Å². The first-order valence-electron chi connectivity index (χ1n) is 9.66. The summed E-state index contributed by atoms with van der Waals surface area (Å²) in [5.74, 6) is 0.375. The first-order chi connectivity index (χ1) is 14.1. The molecule has 0 aliphatic carbocycles. The Morgan fingerprint density at radius 2 is 1.69 bits per heavy atom. The standard InChI is InChI=1S/C22H27N3O4/c1-4-17-9-7-8-10-18(17)24-21(26)14-22(27)25-23-15-16-11-12-19(28-5-2)20(13-16)29-6-3/h7-13,15H,4-6,14H2,1-3H3,(H,24,26)(H,25,27). The van der Waals surface area contributed by atoms with Crippen LogP contribution in [0, 0.1) is 0 Å². The molecule has 154 valence electrons. The van der Waals surface area contributed by atoms with Crippen LogP contribution in [-0.2, 0) is 16.0 Å². The predicted molar refractivity (Wildman–Crippen MR) is 114 cm³/mol. The van der Waals surface area contributed by atoms with Gasteiger partial charge in [0.2, 0.25) is 11.8 Å². The van der Waals surface area contributed by atoms with Crippen molar-refractivity contribution in [2.24, 2.45) is 5.10 Å². The van der Waals surface area contributed by atoms with Crippen molar-refractivity contribution in [2.75, 3.05) is 18.5 Å². The fourth-order valence-corrected chi connectivity index (χ4v) is 2.66. The number of hydrogen-bond donors (Lipinski definition) is 2.